The first-order valence-corrected chi connectivity index (χ1v) is 7.44. The number of carbonyl (C=O) groups excluding carboxylic acids is 1. The first-order valence-electron chi connectivity index (χ1n) is 5.62. The number of sulfone groups is 1. The molecule has 0 aromatic carbocycles. The highest BCUT2D eigenvalue weighted by molar-refractivity contribution is 7.91. The van der Waals surface area contributed by atoms with Crippen molar-refractivity contribution in [3.8, 4) is 0 Å². The van der Waals surface area contributed by atoms with E-state index < -0.39 is 9.84 Å². The molecule has 1 amide bonds. The molecule has 1 aliphatic heterocycles. The molecule has 0 aromatic heterocycles. The normalized spacial score (nSPS) is 23.6. The predicted octanol–water partition coefficient (Wildman–Crippen LogP) is -0.368. The quantitative estimate of drug-likeness (QED) is 0.721. The van der Waals surface area contributed by atoms with Crippen molar-refractivity contribution in [2.75, 3.05) is 31.6 Å². The van der Waals surface area contributed by atoms with Gasteiger partial charge in [-0.15, -0.1) is 0 Å². The van der Waals surface area contributed by atoms with Gasteiger partial charge in [0, 0.05) is 12.6 Å². The lowest BCUT2D eigenvalue weighted by molar-refractivity contribution is -0.122. The summed E-state index contributed by atoms with van der Waals surface area (Å²) in [6, 6.07) is -0.00243. The lowest BCUT2D eigenvalue weighted by atomic mass is 10.2. The van der Waals surface area contributed by atoms with Crippen molar-refractivity contribution in [2.24, 2.45) is 0 Å². The van der Waals surface area contributed by atoms with E-state index in [0.717, 1.165) is 6.42 Å². The van der Waals surface area contributed by atoms with Crippen molar-refractivity contribution in [3.63, 3.8) is 0 Å². The van der Waals surface area contributed by atoms with E-state index in [1.165, 1.54) is 0 Å². The third-order valence-electron chi connectivity index (χ3n) is 2.80. The van der Waals surface area contributed by atoms with Crippen LogP contribution in [0.4, 0.5) is 0 Å². The molecule has 1 fully saturated rings. The number of hydrogen-bond donors (Lipinski definition) is 1. The van der Waals surface area contributed by atoms with E-state index in [0.29, 0.717) is 13.0 Å². The van der Waals surface area contributed by atoms with Crippen LogP contribution in [0.15, 0.2) is 0 Å². The fraction of sp³-hybridized carbons (Fsp3) is 0.900. The first kappa shape index (κ1) is 13.4. The highest BCUT2D eigenvalue weighted by Crippen LogP contribution is 2.15. The zero-order chi connectivity index (χ0) is 12.2. The van der Waals surface area contributed by atoms with E-state index in [2.05, 4.69) is 5.32 Å². The van der Waals surface area contributed by atoms with Gasteiger partial charge in [-0.25, -0.2) is 8.42 Å². The van der Waals surface area contributed by atoms with Crippen molar-refractivity contribution in [1.29, 1.82) is 0 Å². The number of carbonyl (C=O) groups is 1. The van der Waals surface area contributed by atoms with Gasteiger partial charge in [0.25, 0.3) is 0 Å². The molecular weight excluding hydrogens is 228 g/mol. The van der Waals surface area contributed by atoms with Gasteiger partial charge in [-0.3, -0.25) is 9.69 Å². The summed E-state index contributed by atoms with van der Waals surface area (Å²) < 4.78 is 22.6. The third-order valence-corrected chi connectivity index (χ3v) is 4.55. The summed E-state index contributed by atoms with van der Waals surface area (Å²) in [4.78, 5) is 13.3. The summed E-state index contributed by atoms with van der Waals surface area (Å²) in [5.74, 6) is 0.400. The minimum atomic E-state index is -2.87. The van der Waals surface area contributed by atoms with Gasteiger partial charge in [-0.1, -0.05) is 6.92 Å². The highest BCUT2D eigenvalue weighted by atomic mass is 32.2. The zero-order valence-electron chi connectivity index (χ0n) is 9.90. The Kier molecular flexibility index (Phi) is 4.73. The average Bonchev–Trinajstić information content (AvgIpc) is 2.56. The van der Waals surface area contributed by atoms with Crippen LogP contribution in [0.2, 0.25) is 0 Å². The lowest BCUT2D eigenvalue weighted by Crippen LogP contribution is -2.41. The molecule has 0 aromatic rings. The largest absolute Gasteiger partial charge is 0.355 e. The molecule has 94 valence electrons. The second kappa shape index (κ2) is 5.63. The third kappa shape index (κ3) is 4.09. The van der Waals surface area contributed by atoms with E-state index in [9.17, 15) is 13.2 Å². The van der Waals surface area contributed by atoms with Crippen molar-refractivity contribution in [2.45, 2.75) is 25.8 Å². The van der Waals surface area contributed by atoms with Gasteiger partial charge in [0.15, 0.2) is 9.84 Å². The van der Waals surface area contributed by atoms with Crippen LogP contribution in [-0.2, 0) is 14.6 Å². The summed E-state index contributed by atoms with van der Waals surface area (Å²) in [6.45, 7) is 2.95. The molecule has 1 N–H and O–H groups in total. The van der Waals surface area contributed by atoms with Crippen molar-refractivity contribution >= 4 is 15.7 Å². The minimum Gasteiger partial charge on any atom is -0.355 e. The Bertz CT molecular complexity index is 340. The topological polar surface area (TPSA) is 66.5 Å². The first-order chi connectivity index (χ1) is 7.44. The molecule has 0 radical (unpaired) electrons. The Hall–Kier alpha value is -0.620. The second-order valence-corrected chi connectivity index (χ2v) is 6.55. The van der Waals surface area contributed by atoms with Gasteiger partial charge >= 0.3 is 0 Å². The van der Waals surface area contributed by atoms with E-state index in [1.54, 1.807) is 7.05 Å². The fourth-order valence-corrected chi connectivity index (χ4v) is 3.60. The minimum absolute atomic E-state index is 0.00243. The zero-order valence-corrected chi connectivity index (χ0v) is 10.7. The second-order valence-electron chi connectivity index (χ2n) is 4.32. The standard InChI is InChI=1S/C10H20N2O3S/c1-3-5-11-10(13)7-12(2)9-4-6-16(14,15)8-9/h9H,3-8H2,1-2H3,(H,11,13). The van der Waals surface area contributed by atoms with Crippen molar-refractivity contribution in [3.05, 3.63) is 0 Å². The molecule has 5 nitrogen and oxygen atoms in total. The summed E-state index contributed by atoms with van der Waals surface area (Å²) in [7, 11) is -1.06. The van der Waals surface area contributed by atoms with Crippen LogP contribution >= 0.6 is 0 Å². The smallest absolute Gasteiger partial charge is 0.234 e. The number of likely N-dealkylation sites (N-methyl/N-ethyl adjacent to an activating group) is 1. The van der Waals surface area contributed by atoms with Gasteiger partial charge in [0.1, 0.15) is 0 Å². The van der Waals surface area contributed by atoms with Gasteiger partial charge in [-0.05, 0) is 19.9 Å². The maximum absolute atomic E-state index is 11.4. The van der Waals surface area contributed by atoms with Crippen molar-refractivity contribution < 1.29 is 13.2 Å². The fourth-order valence-electron chi connectivity index (χ4n) is 1.80. The predicted molar refractivity (Wildman–Crippen MR) is 63.0 cm³/mol. The van der Waals surface area contributed by atoms with Gasteiger partial charge in [0.05, 0.1) is 18.1 Å². The molecule has 0 saturated carbocycles. The molecule has 1 rings (SSSR count). The molecule has 1 heterocycles. The Labute approximate surface area is 97.1 Å². The number of amides is 1. The maximum Gasteiger partial charge on any atom is 0.234 e. The average molecular weight is 248 g/mol. The number of nitrogens with one attached hydrogen (secondary N) is 1. The molecule has 0 bridgehead atoms. The van der Waals surface area contributed by atoms with Crippen LogP contribution in [0.3, 0.4) is 0 Å². The van der Waals surface area contributed by atoms with E-state index in [-0.39, 0.29) is 30.0 Å². The van der Waals surface area contributed by atoms with Crippen molar-refractivity contribution in [1.82, 2.24) is 10.2 Å². The number of nitrogens with zero attached hydrogens (tertiary/aromatic N) is 1. The van der Waals surface area contributed by atoms with Crippen LogP contribution < -0.4 is 5.32 Å². The molecule has 1 saturated heterocycles. The monoisotopic (exact) mass is 248 g/mol. The molecular formula is C10H20N2O3S. The Balaban J connectivity index is 2.36. The van der Waals surface area contributed by atoms with Gasteiger partial charge in [0.2, 0.25) is 5.91 Å². The van der Waals surface area contributed by atoms with E-state index >= 15 is 0 Å². The van der Waals surface area contributed by atoms with Gasteiger partial charge in [-0.2, -0.15) is 0 Å². The molecule has 1 unspecified atom stereocenters. The summed E-state index contributed by atoms with van der Waals surface area (Å²) in [5, 5.41) is 2.78. The van der Waals surface area contributed by atoms with Crippen LogP contribution in [-0.4, -0.2) is 56.9 Å². The summed E-state index contributed by atoms with van der Waals surface area (Å²) in [6.07, 6.45) is 1.55. The lowest BCUT2D eigenvalue weighted by Gasteiger charge is -2.22. The molecule has 0 spiro atoms. The van der Waals surface area contributed by atoms with Gasteiger partial charge < -0.3 is 5.32 Å². The summed E-state index contributed by atoms with van der Waals surface area (Å²) in [5.41, 5.74) is 0. The molecule has 16 heavy (non-hydrogen) atoms. The SMILES string of the molecule is CCCNC(=O)CN(C)C1CCS(=O)(=O)C1. The summed E-state index contributed by atoms with van der Waals surface area (Å²) >= 11 is 0. The van der Waals surface area contributed by atoms with E-state index in [4.69, 9.17) is 0 Å². The van der Waals surface area contributed by atoms with E-state index in [1.807, 2.05) is 11.8 Å². The molecule has 6 heteroatoms. The Morgan fingerprint density at radius 3 is 2.69 bits per heavy atom. The van der Waals surface area contributed by atoms with Crippen LogP contribution in [0, 0.1) is 0 Å². The molecule has 0 aliphatic carbocycles. The highest BCUT2D eigenvalue weighted by Gasteiger charge is 2.31. The number of hydrogen-bond acceptors (Lipinski definition) is 4. The molecule has 1 aliphatic rings. The Morgan fingerprint density at radius 1 is 1.50 bits per heavy atom. The number of rotatable bonds is 5. The van der Waals surface area contributed by atoms with Crippen LogP contribution in [0.1, 0.15) is 19.8 Å². The maximum atomic E-state index is 11.4. The van der Waals surface area contributed by atoms with Crippen LogP contribution in [0.5, 0.6) is 0 Å². The Morgan fingerprint density at radius 2 is 2.19 bits per heavy atom. The molecule has 1 atom stereocenters. The van der Waals surface area contributed by atoms with Crippen LogP contribution in [0.25, 0.3) is 0 Å².